The topological polar surface area (TPSA) is 77.4 Å². The summed E-state index contributed by atoms with van der Waals surface area (Å²) in [5.41, 5.74) is 2.88. The Morgan fingerprint density at radius 2 is 1.75 bits per heavy atom. The molecule has 0 spiro atoms. The summed E-state index contributed by atoms with van der Waals surface area (Å²) in [5.74, 6) is -0.917. The largest absolute Gasteiger partial charge is 0.468 e. The Kier molecular flexibility index (Phi) is 5.52. The van der Waals surface area contributed by atoms with Gasteiger partial charge in [0.05, 0.1) is 19.2 Å². The number of esters is 1. The molecule has 0 saturated heterocycles. The van der Waals surface area contributed by atoms with Crippen LogP contribution in [0.4, 0.5) is 0 Å². The summed E-state index contributed by atoms with van der Waals surface area (Å²) >= 11 is 0. The zero-order valence-electron chi connectivity index (χ0n) is 14.0. The molecule has 0 fully saturated rings. The van der Waals surface area contributed by atoms with E-state index in [1.807, 2.05) is 19.1 Å². The van der Waals surface area contributed by atoms with E-state index < -0.39 is 5.97 Å². The van der Waals surface area contributed by atoms with Gasteiger partial charge in [0.2, 0.25) is 11.7 Å². The van der Waals surface area contributed by atoms with Gasteiger partial charge >= 0.3 is 5.97 Å². The minimum atomic E-state index is -0.509. The first-order valence-corrected chi connectivity index (χ1v) is 7.52. The Bertz CT molecular complexity index is 760. The molecule has 0 radical (unpaired) electrons. The van der Waals surface area contributed by atoms with Crippen molar-refractivity contribution in [2.24, 2.45) is 7.05 Å². The van der Waals surface area contributed by atoms with Crippen LogP contribution in [0.15, 0.2) is 36.4 Å². The normalized spacial score (nSPS) is 10.3. The lowest BCUT2D eigenvalue weighted by Gasteiger charge is -2.08. The molecule has 2 aromatic rings. The van der Waals surface area contributed by atoms with Crippen molar-refractivity contribution in [3.8, 4) is 0 Å². The number of benzene rings is 1. The van der Waals surface area contributed by atoms with Crippen LogP contribution in [-0.2, 0) is 27.8 Å². The van der Waals surface area contributed by atoms with Crippen molar-refractivity contribution in [2.45, 2.75) is 13.3 Å². The van der Waals surface area contributed by atoms with Crippen LogP contribution in [0, 0.1) is 6.92 Å². The first kappa shape index (κ1) is 17.5. The molecule has 0 unspecified atom stereocenters. The van der Waals surface area contributed by atoms with Crippen molar-refractivity contribution >= 4 is 17.7 Å². The average Bonchev–Trinajstić information content (AvgIpc) is 2.93. The Labute approximate surface area is 140 Å². The van der Waals surface area contributed by atoms with Crippen molar-refractivity contribution in [1.29, 1.82) is 0 Å². The fraction of sp³-hybridized carbons (Fsp3) is 0.278. The fourth-order valence-electron chi connectivity index (χ4n) is 2.28. The van der Waals surface area contributed by atoms with Gasteiger partial charge in [-0.05, 0) is 19.1 Å². The molecular formula is C18H20N2O4. The summed E-state index contributed by atoms with van der Waals surface area (Å²) in [4.78, 5) is 35.4. The van der Waals surface area contributed by atoms with Crippen molar-refractivity contribution in [2.75, 3.05) is 13.7 Å². The second kappa shape index (κ2) is 7.59. The standard InChI is InChI=1S/C18H20N2O4/c1-12-4-6-13(7-5-12)18(23)15-9-8-14(20(15)2)10-16(21)19-11-17(22)24-3/h4-9H,10-11H2,1-3H3,(H,19,21). The van der Waals surface area contributed by atoms with Crippen molar-refractivity contribution in [1.82, 2.24) is 9.88 Å². The highest BCUT2D eigenvalue weighted by molar-refractivity contribution is 6.08. The molecule has 0 aliphatic heterocycles. The van der Waals surface area contributed by atoms with Crippen LogP contribution in [0.3, 0.4) is 0 Å². The van der Waals surface area contributed by atoms with E-state index in [0.29, 0.717) is 17.0 Å². The van der Waals surface area contributed by atoms with Gasteiger partial charge in [0, 0.05) is 18.3 Å². The third kappa shape index (κ3) is 4.10. The lowest BCUT2D eigenvalue weighted by atomic mass is 10.1. The number of nitrogens with zero attached hydrogens (tertiary/aromatic N) is 1. The summed E-state index contributed by atoms with van der Waals surface area (Å²) in [6, 6.07) is 10.8. The number of hydrogen-bond donors (Lipinski definition) is 1. The second-order valence-corrected chi connectivity index (χ2v) is 5.49. The van der Waals surface area contributed by atoms with E-state index in [2.05, 4.69) is 10.1 Å². The van der Waals surface area contributed by atoms with Gasteiger partial charge in [-0.3, -0.25) is 14.4 Å². The number of aromatic nitrogens is 1. The van der Waals surface area contributed by atoms with Crippen LogP contribution in [0.2, 0.25) is 0 Å². The molecule has 1 heterocycles. The molecule has 1 amide bonds. The minimum Gasteiger partial charge on any atom is -0.468 e. The first-order chi connectivity index (χ1) is 11.4. The molecule has 0 aliphatic carbocycles. The van der Waals surface area contributed by atoms with Crippen LogP contribution >= 0.6 is 0 Å². The molecule has 0 bridgehead atoms. The van der Waals surface area contributed by atoms with Gasteiger partial charge in [0.15, 0.2) is 0 Å². The molecule has 126 valence electrons. The minimum absolute atomic E-state index is 0.0780. The summed E-state index contributed by atoms with van der Waals surface area (Å²) in [7, 11) is 3.00. The molecule has 6 heteroatoms. The number of amides is 1. The van der Waals surface area contributed by atoms with Crippen molar-refractivity contribution in [3.05, 3.63) is 58.9 Å². The second-order valence-electron chi connectivity index (χ2n) is 5.49. The summed E-state index contributed by atoms with van der Waals surface area (Å²) in [5, 5.41) is 2.47. The zero-order chi connectivity index (χ0) is 17.7. The first-order valence-electron chi connectivity index (χ1n) is 7.52. The van der Waals surface area contributed by atoms with Crippen LogP contribution in [0.1, 0.15) is 27.3 Å². The van der Waals surface area contributed by atoms with Gasteiger partial charge in [-0.15, -0.1) is 0 Å². The number of carbonyl (C=O) groups is 3. The summed E-state index contributed by atoms with van der Waals surface area (Å²) < 4.78 is 6.16. The SMILES string of the molecule is COC(=O)CNC(=O)Cc1ccc(C(=O)c2ccc(C)cc2)n1C. The monoisotopic (exact) mass is 328 g/mol. The highest BCUT2D eigenvalue weighted by Crippen LogP contribution is 2.14. The lowest BCUT2D eigenvalue weighted by molar-refractivity contribution is -0.141. The Morgan fingerprint density at radius 1 is 1.08 bits per heavy atom. The molecule has 2 rings (SSSR count). The molecule has 6 nitrogen and oxygen atoms in total. The number of ketones is 1. The van der Waals surface area contributed by atoms with Crippen molar-refractivity contribution in [3.63, 3.8) is 0 Å². The Morgan fingerprint density at radius 3 is 2.38 bits per heavy atom. The van der Waals surface area contributed by atoms with Gasteiger partial charge in [0.25, 0.3) is 0 Å². The third-order valence-electron chi connectivity index (χ3n) is 3.77. The Hall–Kier alpha value is -2.89. The van der Waals surface area contributed by atoms with Crippen LogP contribution in [-0.4, -0.2) is 35.9 Å². The average molecular weight is 328 g/mol. The van der Waals surface area contributed by atoms with E-state index in [1.54, 1.807) is 35.9 Å². The number of nitrogens with one attached hydrogen (secondary N) is 1. The van der Waals surface area contributed by atoms with Gasteiger partial charge in [-0.1, -0.05) is 29.8 Å². The third-order valence-corrected chi connectivity index (χ3v) is 3.77. The maximum atomic E-state index is 12.5. The van der Waals surface area contributed by atoms with E-state index >= 15 is 0 Å². The van der Waals surface area contributed by atoms with Crippen LogP contribution in [0.5, 0.6) is 0 Å². The van der Waals surface area contributed by atoms with Crippen LogP contribution < -0.4 is 5.32 Å². The zero-order valence-corrected chi connectivity index (χ0v) is 14.0. The molecule has 0 saturated carbocycles. The number of methoxy groups -OCH3 is 1. The fourth-order valence-corrected chi connectivity index (χ4v) is 2.28. The quantitative estimate of drug-likeness (QED) is 0.642. The lowest BCUT2D eigenvalue weighted by Crippen LogP contribution is -2.31. The summed E-state index contributed by atoms with van der Waals surface area (Å²) in [6.45, 7) is 1.79. The molecule has 1 N–H and O–H groups in total. The highest BCUT2D eigenvalue weighted by Gasteiger charge is 2.16. The molecular weight excluding hydrogens is 308 g/mol. The number of carbonyl (C=O) groups excluding carboxylic acids is 3. The summed E-state index contributed by atoms with van der Waals surface area (Å²) in [6.07, 6.45) is 0.0780. The molecule has 24 heavy (non-hydrogen) atoms. The van der Waals surface area contributed by atoms with E-state index in [9.17, 15) is 14.4 Å². The number of hydrogen-bond acceptors (Lipinski definition) is 4. The van der Waals surface area contributed by atoms with Crippen LogP contribution in [0.25, 0.3) is 0 Å². The number of rotatable bonds is 6. The van der Waals surface area contributed by atoms with Crippen molar-refractivity contribution < 1.29 is 19.1 Å². The van der Waals surface area contributed by atoms with E-state index in [-0.39, 0.29) is 24.7 Å². The van der Waals surface area contributed by atoms with E-state index in [1.165, 1.54) is 7.11 Å². The maximum absolute atomic E-state index is 12.5. The predicted molar refractivity (Wildman–Crippen MR) is 88.8 cm³/mol. The maximum Gasteiger partial charge on any atom is 0.325 e. The smallest absolute Gasteiger partial charge is 0.325 e. The molecule has 1 aromatic heterocycles. The van der Waals surface area contributed by atoms with E-state index in [0.717, 1.165) is 5.56 Å². The molecule has 1 aromatic carbocycles. The van der Waals surface area contributed by atoms with Gasteiger partial charge in [0.1, 0.15) is 6.54 Å². The van der Waals surface area contributed by atoms with Gasteiger partial charge in [-0.25, -0.2) is 0 Å². The number of ether oxygens (including phenoxy) is 1. The van der Waals surface area contributed by atoms with E-state index in [4.69, 9.17) is 0 Å². The predicted octanol–water partition coefficient (Wildman–Crippen LogP) is 1.40. The van der Waals surface area contributed by atoms with Gasteiger partial charge in [-0.2, -0.15) is 0 Å². The molecule has 0 aliphatic rings. The highest BCUT2D eigenvalue weighted by atomic mass is 16.5. The molecule has 0 atom stereocenters. The Balaban J connectivity index is 2.08. The van der Waals surface area contributed by atoms with Gasteiger partial charge < -0.3 is 14.6 Å². The number of aryl methyl sites for hydroxylation is 1.